The third-order valence-electron chi connectivity index (χ3n) is 7.48. The Kier molecular flexibility index (Phi) is 12.4. The Morgan fingerprint density at radius 2 is 1.58 bits per heavy atom. The average molecular weight is 612 g/mol. The molecule has 3 aromatic rings. The van der Waals surface area contributed by atoms with Gasteiger partial charge in [0.2, 0.25) is 17.7 Å². The van der Waals surface area contributed by atoms with E-state index in [1.165, 1.54) is 23.9 Å². The molecule has 0 saturated carbocycles. The lowest BCUT2D eigenvalue weighted by Gasteiger charge is -2.26. The number of amides is 3. The van der Waals surface area contributed by atoms with E-state index in [0.29, 0.717) is 12.2 Å². The first-order valence-corrected chi connectivity index (χ1v) is 15.6. The second-order valence-electron chi connectivity index (χ2n) is 10.7. The Balaban J connectivity index is 1.83. The molecule has 0 aliphatic carbocycles. The summed E-state index contributed by atoms with van der Waals surface area (Å²) in [6.45, 7) is 3.58. The van der Waals surface area contributed by atoms with E-state index in [0.717, 1.165) is 22.0 Å². The minimum absolute atomic E-state index is 0.0936. The van der Waals surface area contributed by atoms with Gasteiger partial charge in [0, 0.05) is 23.5 Å². The molecule has 0 aliphatic heterocycles. The predicted molar refractivity (Wildman–Crippen MR) is 168 cm³/mol. The Morgan fingerprint density at radius 1 is 0.930 bits per heavy atom. The third kappa shape index (κ3) is 9.48. The largest absolute Gasteiger partial charge is 0.508 e. The number of aromatic amines is 1. The van der Waals surface area contributed by atoms with E-state index in [1.807, 2.05) is 37.4 Å². The first-order chi connectivity index (χ1) is 20.5. The van der Waals surface area contributed by atoms with E-state index in [-0.39, 0.29) is 30.9 Å². The van der Waals surface area contributed by atoms with Gasteiger partial charge in [-0.25, -0.2) is 4.79 Å². The summed E-state index contributed by atoms with van der Waals surface area (Å²) in [5, 5.41) is 28.2. The van der Waals surface area contributed by atoms with Crippen LogP contribution in [0.4, 0.5) is 0 Å². The average Bonchev–Trinajstić information content (AvgIpc) is 3.40. The summed E-state index contributed by atoms with van der Waals surface area (Å²) >= 11 is 1.49. The fraction of sp³-hybridized carbons (Fsp3) is 0.419. The number of carboxylic acids is 1. The minimum Gasteiger partial charge on any atom is -0.508 e. The molecule has 5 unspecified atom stereocenters. The SMILES string of the molecule is CCC(C)C(NC(=O)C(CCSC)NC(=O)C(Cc1c[nH]c2ccccc12)NC(=O)C(N)Cc1ccc(O)cc1)C(=O)O. The lowest BCUT2D eigenvalue weighted by molar-refractivity contribution is -0.143. The highest BCUT2D eigenvalue weighted by Gasteiger charge is 2.32. The molecule has 3 amide bonds. The number of phenols is 1. The maximum atomic E-state index is 13.7. The minimum atomic E-state index is -1.15. The number of hydrogen-bond acceptors (Lipinski definition) is 7. The molecule has 0 radical (unpaired) electrons. The van der Waals surface area contributed by atoms with Crippen molar-refractivity contribution in [2.24, 2.45) is 11.7 Å². The normalized spacial score (nSPS) is 14.7. The van der Waals surface area contributed by atoms with Crippen LogP contribution in [0, 0.1) is 5.92 Å². The van der Waals surface area contributed by atoms with Crippen LogP contribution in [0.2, 0.25) is 0 Å². The van der Waals surface area contributed by atoms with Crippen LogP contribution in [-0.2, 0) is 32.0 Å². The first kappa shape index (κ1) is 33.5. The van der Waals surface area contributed by atoms with Gasteiger partial charge in [-0.1, -0.05) is 50.6 Å². The molecule has 3 rings (SSSR count). The van der Waals surface area contributed by atoms with Crippen molar-refractivity contribution in [3.63, 3.8) is 0 Å². The van der Waals surface area contributed by atoms with Crippen LogP contribution in [0.25, 0.3) is 10.9 Å². The zero-order chi connectivity index (χ0) is 31.5. The summed E-state index contributed by atoms with van der Waals surface area (Å²) in [6.07, 6.45) is 4.75. The smallest absolute Gasteiger partial charge is 0.326 e. The van der Waals surface area contributed by atoms with E-state index in [4.69, 9.17) is 5.73 Å². The number of carboxylic acid groups (broad SMARTS) is 1. The van der Waals surface area contributed by atoms with Crippen molar-refractivity contribution >= 4 is 46.4 Å². The van der Waals surface area contributed by atoms with Gasteiger partial charge in [-0.05, 0) is 60.1 Å². The molecule has 0 spiro atoms. The molecular weight excluding hydrogens is 570 g/mol. The number of thioether (sulfide) groups is 1. The summed E-state index contributed by atoms with van der Waals surface area (Å²) in [5.41, 5.74) is 8.60. The quantitative estimate of drug-likeness (QED) is 0.129. The van der Waals surface area contributed by atoms with Gasteiger partial charge in [-0.15, -0.1) is 0 Å². The number of carbonyl (C=O) groups is 4. The molecule has 1 heterocycles. The number of aromatic nitrogens is 1. The summed E-state index contributed by atoms with van der Waals surface area (Å²) in [4.78, 5) is 55.2. The predicted octanol–water partition coefficient (Wildman–Crippen LogP) is 2.32. The molecule has 5 atom stereocenters. The Bertz CT molecular complexity index is 1390. The topological polar surface area (TPSA) is 187 Å². The second kappa shape index (κ2) is 16.0. The molecule has 0 saturated heterocycles. The van der Waals surface area contributed by atoms with Gasteiger partial charge in [0.05, 0.1) is 6.04 Å². The molecule has 232 valence electrons. The second-order valence-corrected chi connectivity index (χ2v) is 11.6. The number of H-pyrrole nitrogens is 1. The Labute approximate surface area is 255 Å². The van der Waals surface area contributed by atoms with Crippen molar-refractivity contribution in [3.05, 3.63) is 65.9 Å². The van der Waals surface area contributed by atoms with Crippen LogP contribution in [-0.4, -0.2) is 75.1 Å². The maximum absolute atomic E-state index is 13.7. The van der Waals surface area contributed by atoms with Crippen LogP contribution in [0.3, 0.4) is 0 Å². The molecule has 11 nitrogen and oxygen atoms in total. The van der Waals surface area contributed by atoms with Crippen molar-refractivity contribution in [3.8, 4) is 5.75 Å². The van der Waals surface area contributed by atoms with Crippen LogP contribution >= 0.6 is 11.8 Å². The van der Waals surface area contributed by atoms with Gasteiger partial charge in [-0.2, -0.15) is 11.8 Å². The van der Waals surface area contributed by atoms with Crippen LogP contribution < -0.4 is 21.7 Å². The number of para-hydroxylation sites is 1. The van der Waals surface area contributed by atoms with Crippen LogP contribution in [0.5, 0.6) is 5.75 Å². The first-order valence-electron chi connectivity index (χ1n) is 14.2. The molecular formula is C31H41N5O6S. The van der Waals surface area contributed by atoms with Crippen molar-refractivity contribution < 1.29 is 29.4 Å². The van der Waals surface area contributed by atoms with Gasteiger partial charge in [0.25, 0.3) is 0 Å². The number of rotatable bonds is 16. The molecule has 0 bridgehead atoms. The van der Waals surface area contributed by atoms with E-state index >= 15 is 0 Å². The van der Waals surface area contributed by atoms with E-state index < -0.39 is 47.9 Å². The fourth-order valence-corrected chi connectivity index (χ4v) is 5.17. The Hall–Kier alpha value is -4.03. The number of carbonyl (C=O) groups excluding carboxylic acids is 3. The summed E-state index contributed by atoms with van der Waals surface area (Å²) in [7, 11) is 0. The maximum Gasteiger partial charge on any atom is 0.326 e. The number of benzene rings is 2. The van der Waals surface area contributed by atoms with Gasteiger partial charge in [0.1, 0.15) is 23.9 Å². The zero-order valence-electron chi connectivity index (χ0n) is 24.6. The highest BCUT2D eigenvalue weighted by Crippen LogP contribution is 2.20. The zero-order valence-corrected chi connectivity index (χ0v) is 25.4. The molecule has 8 N–H and O–H groups in total. The van der Waals surface area contributed by atoms with Gasteiger partial charge >= 0.3 is 5.97 Å². The molecule has 12 heteroatoms. The van der Waals surface area contributed by atoms with Crippen LogP contribution in [0.1, 0.15) is 37.8 Å². The molecule has 2 aromatic carbocycles. The van der Waals surface area contributed by atoms with Crippen molar-refractivity contribution in [1.29, 1.82) is 0 Å². The number of hydrogen-bond donors (Lipinski definition) is 7. The number of aromatic hydroxyl groups is 1. The summed E-state index contributed by atoms with van der Waals surface area (Å²) in [5.74, 6) is -2.58. The number of nitrogens with two attached hydrogens (primary N) is 1. The number of fused-ring (bicyclic) bond motifs is 1. The summed E-state index contributed by atoms with van der Waals surface area (Å²) in [6, 6.07) is 9.72. The summed E-state index contributed by atoms with van der Waals surface area (Å²) < 4.78 is 0. The lowest BCUT2D eigenvalue weighted by atomic mass is 9.98. The van der Waals surface area contributed by atoms with E-state index in [1.54, 1.807) is 25.3 Å². The van der Waals surface area contributed by atoms with Gasteiger partial charge < -0.3 is 36.9 Å². The standard InChI is InChI=1S/C31H41N5O6S/c1-4-18(2)27(31(41)42)36-29(39)25(13-14-43-3)34-30(40)26(16-20-17-33-24-8-6-5-7-22(20)24)35-28(38)23(32)15-19-9-11-21(37)12-10-19/h5-12,17-18,23,25-27,33,37H,4,13-16,32H2,1-3H3,(H,34,40)(H,35,38)(H,36,39)(H,41,42). The van der Waals surface area contributed by atoms with Crippen molar-refractivity contribution in [2.75, 3.05) is 12.0 Å². The number of phenolic OH excluding ortho intramolecular Hbond substituents is 1. The number of aliphatic carboxylic acids is 1. The monoisotopic (exact) mass is 611 g/mol. The fourth-order valence-electron chi connectivity index (χ4n) is 4.70. The van der Waals surface area contributed by atoms with Crippen LogP contribution in [0.15, 0.2) is 54.7 Å². The highest BCUT2D eigenvalue weighted by molar-refractivity contribution is 7.98. The lowest BCUT2D eigenvalue weighted by Crippen LogP contribution is -2.58. The Morgan fingerprint density at radius 3 is 2.23 bits per heavy atom. The molecule has 0 aliphatic rings. The van der Waals surface area contributed by atoms with Gasteiger partial charge in [-0.3, -0.25) is 14.4 Å². The van der Waals surface area contributed by atoms with Gasteiger partial charge in [0.15, 0.2) is 0 Å². The third-order valence-corrected chi connectivity index (χ3v) is 8.13. The van der Waals surface area contributed by atoms with Crippen molar-refractivity contribution in [1.82, 2.24) is 20.9 Å². The van der Waals surface area contributed by atoms with E-state index in [2.05, 4.69) is 20.9 Å². The molecule has 43 heavy (non-hydrogen) atoms. The van der Waals surface area contributed by atoms with E-state index in [9.17, 15) is 29.4 Å². The number of nitrogens with one attached hydrogen (secondary N) is 4. The molecule has 0 fully saturated rings. The van der Waals surface area contributed by atoms with Crippen molar-refractivity contribution in [2.45, 2.75) is 63.7 Å². The molecule has 1 aromatic heterocycles. The highest BCUT2D eigenvalue weighted by atomic mass is 32.2.